The number of carbonyl (C=O) groups excluding carboxylic acids is 1. The van der Waals surface area contributed by atoms with E-state index in [-0.39, 0.29) is 18.4 Å². The number of amides is 1. The second kappa shape index (κ2) is 9.16. The van der Waals surface area contributed by atoms with Gasteiger partial charge in [-0.15, -0.1) is 11.3 Å². The molecule has 0 aliphatic carbocycles. The van der Waals surface area contributed by atoms with Crippen LogP contribution in [0.1, 0.15) is 37.6 Å². The average Bonchev–Trinajstić information content (AvgIpc) is 3.10. The molecule has 0 fully saturated rings. The zero-order valence-corrected chi connectivity index (χ0v) is 17.1. The first-order chi connectivity index (χ1) is 13.0. The summed E-state index contributed by atoms with van der Waals surface area (Å²) < 4.78 is 0. The van der Waals surface area contributed by atoms with Crippen LogP contribution >= 0.6 is 22.9 Å². The van der Waals surface area contributed by atoms with Crippen LogP contribution in [0.3, 0.4) is 0 Å². The molecule has 2 aromatic carbocycles. The van der Waals surface area contributed by atoms with Gasteiger partial charge in [-0.1, -0.05) is 67.9 Å². The molecule has 0 bridgehead atoms. The van der Waals surface area contributed by atoms with Crippen LogP contribution in [0, 0.1) is 5.92 Å². The summed E-state index contributed by atoms with van der Waals surface area (Å²) in [4.78, 5) is 17.2. The highest BCUT2D eigenvalue weighted by Crippen LogP contribution is 2.26. The molecule has 1 amide bonds. The van der Waals surface area contributed by atoms with Gasteiger partial charge in [-0.2, -0.15) is 0 Å². The Labute approximate surface area is 169 Å². The van der Waals surface area contributed by atoms with Gasteiger partial charge in [0.25, 0.3) is 0 Å². The number of thiazole rings is 1. The fourth-order valence-corrected chi connectivity index (χ4v) is 3.99. The van der Waals surface area contributed by atoms with Gasteiger partial charge >= 0.3 is 0 Å². The summed E-state index contributed by atoms with van der Waals surface area (Å²) in [5.41, 5.74) is 2.89. The Morgan fingerprint density at radius 3 is 2.63 bits per heavy atom. The van der Waals surface area contributed by atoms with Crippen molar-refractivity contribution in [2.24, 2.45) is 5.92 Å². The number of nitrogens with zero attached hydrogens (tertiary/aromatic N) is 1. The summed E-state index contributed by atoms with van der Waals surface area (Å²) in [5, 5.41) is 6.67. The van der Waals surface area contributed by atoms with Crippen LogP contribution in [0.4, 0.5) is 0 Å². The monoisotopic (exact) mass is 398 g/mol. The average molecular weight is 399 g/mol. The molecule has 0 spiro atoms. The van der Waals surface area contributed by atoms with Crippen molar-refractivity contribution in [1.82, 2.24) is 10.3 Å². The SMILES string of the molecule is CC(C)CC(NC(=O)Cc1csc(-c2cccc(Cl)c2)n1)c1ccccc1. The van der Waals surface area contributed by atoms with Crippen molar-refractivity contribution in [2.45, 2.75) is 32.7 Å². The van der Waals surface area contributed by atoms with Crippen molar-refractivity contribution in [1.29, 1.82) is 0 Å². The molecular weight excluding hydrogens is 376 g/mol. The Morgan fingerprint density at radius 1 is 1.15 bits per heavy atom. The molecule has 1 N–H and O–H groups in total. The Balaban J connectivity index is 1.67. The maximum absolute atomic E-state index is 12.6. The number of aromatic nitrogens is 1. The molecule has 3 rings (SSSR count). The minimum absolute atomic E-state index is 0.00699. The van der Waals surface area contributed by atoms with Gasteiger partial charge < -0.3 is 5.32 Å². The van der Waals surface area contributed by atoms with Crippen LogP contribution in [-0.2, 0) is 11.2 Å². The van der Waals surface area contributed by atoms with E-state index in [4.69, 9.17) is 11.6 Å². The van der Waals surface area contributed by atoms with Gasteiger partial charge in [0, 0.05) is 16.0 Å². The molecule has 27 heavy (non-hydrogen) atoms. The molecule has 1 unspecified atom stereocenters. The molecule has 0 aliphatic rings. The quantitative estimate of drug-likeness (QED) is 0.537. The van der Waals surface area contributed by atoms with Crippen molar-refractivity contribution in [3.05, 3.63) is 76.3 Å². The first-order valence-corrected chi connectivity index (χ1v) is 10.3. The Kier molecular flexibility index (Phi) is 6.64. The van der Waals surface area contributed by atoms with E-state index >= 15 is 0 Å². The smallest absolute Gasteiger partial charge is 0.226 e. The Morgan fingerprint density at radius 2 is 1.93 bits per heavy atom. The van der Waals surface area contributed by atoms with Gasteiger partial charge in [-0.3, -0.25) is 4.79 Å². The number of nitrogens with one attached hydrogen (secondary N) is 1. The Hall–Kier alpha value is -2.17. The summed E-state index contributed by atoms with van der Waals surface area (Å²) in [7, 11) is 0. The number of hydrogen-bond acceptors (Lipinski definition) is 3. The molecule has 1 aromatic heterocycles. The van der Waals surface area contributed by atoms with Crippen LogP contribution in [-0.4, -0.2) is 10.9 Å². The van der Waals surface area contributed by atoms with Gasteiger partial charge in [0.15, 0.2) is 0 Å². The molecule has 5 heteroatoms. The number of halogens is 1. The van der Waals surface area contributed by atoms with Crippen LogP contribution in [0.5, 0.6) is 0 Å². The number of hydrogen-bond donors (Lipinski definition) is 1. The number of benzene rings is 2. The maximum atomic E-state index is 12.6. The lowest BCUT2D eigenvalue weighted by Gasteiger charge is -2.21. The molecule has 3 nitrogen and oxygen atoms in total. The van der Waals surface area contributed by atoms with Crippen molar-refractivity contribution >= 4 is 28.8 Å². The molecule has 0 aliphatic heterocycles. The summed E-state index contributed by atoms with van der Waals surface area (Å²) in [6.07, 6.45) is 1.18. The largest absolute Gasteiger partial charge is 0.349 e. The van der Waals surface area contributed by atoms with E-state index in [2.05, 4.69) is 36.3 Å². The summed E-state index contributed by atoms with van der Waals surface area (Å²) in [5.74, 6) is 0.483. The van der Waals surface area contributed by atoms with Crippen molar-refractivity contribution in [3.63, 3.8) is 0 Å². The van der Waals surface area contributed by atoms with E-state index in [1.54, 1.807) is 0 Å². The minimum atomic E-state index is -0.00699. The van der Waals surface area contributed by atoms with Crippen molar-refractivity contribution < 1.29 is 4.79 Å². The Bertz CT molecular complexity index is 892. The van der Waals surface area contributed by atoms with Crippen LogP contribution in [0.15, 0.2) is 60.0 Å². The zero-order chi connectivity index (χ0) is 19.2. The number of rotatable bonds is 7. The minimum Gasteiger partial charge on any atom is -0.349 e. The molecule has 1 heterocycles. The van der Waals surface area contributed by atoms with Gasteiger partial charge in [0.1, 0.15) is 5.01 Å². The standard InChI is InChI=1S/C22H23ClN2OS/c1-15(2)11-20(16-7-4-3-5-8-16)25-21(26)13-19-14-27-22(24-19)17-9-6-10-18(23)12-17/h3-10,12,14-15,20H,11,13H2,1-2H3,(H,25,26). The molecule has 3 aromatic rings. The van der Waals surface area contributed by atoms with E-state index in [9.17, 15) is 4.79 Å². The lowest BCUT2D eigenvalue weighted by atomic mass is 9.97. The molecule has 0 saturated heterocycles. The van der Waals surface area contributed by atoms with E-state index < -0.39 is 0 Å². The molecule has 0 saturated carbocycles. The topological polar surface area (TPSA) is 42.0 Å². The second-order valence-electron chi connectivity index (χ2n) is 6.99. The van der Waals surface area contributed by atoms with Gasteiger partial charge in [0.05, 0.1) is 18.2 Å². The summed E-state index contributed by atoms with van der Waals surface area (Å²) >= 11 is 7.59. The van der Waals surface area contributed by atoms with Crippen molar-refractivity contribution in [3.8, 4) is 10.6 Å². The highest BCUT2D eigenvalue weighted by atomic mass is 35.5. The highest BCUT2D eigenvalue weighted by Gasteiger charge is 2.17. The maximum Gasteiger partial charge on any atom is 0.226 e. The van der Waals surface area contributed by atoms with Crippen LogP contribution in [0.2, 0.25) is 5.02 Å². The predicted molar refractivity (Wildman–Crippen MR) is 113 cm³/mol. The van der Waals surface area contributed by atoms with Gasteiger partial charge in [-0.25, -0.2) is 4.98 Å². The zero-order valence-electron chi connectivity index (χ0n) is 15.5. The molecule has 1 atom stereocenters. The first kappa shape index (κ1) is 19.6. The molecule has 0 radical (unpaired) electrons. The normalized spacial score (nSPS) is 12.1. The van der Waals surface area contributed by atoms with Gasteiger partial charge in [-0.05, 0) is 30.0 Å². The van der Waals surface area contributed by atoms with Gasteiger partial charge in [0.2, 0.25) is 5.91 Å². The third-order valence-electron chi connectivity index (χ3n) is 4.21. The first-order valence-electron chi connectivity index (χ1n) is 9.06. The fraction of sp³-hybridized carbons (Fsp3) is 0.273. The predicted octanol–water partition coefficient (Wildman–Crippen LogP) is 5.91. The fourth-order valence-electron chi connectivity index (χ4n) is 2.99. The van der Waals surface area contributed by atoms with Crippen LogP contribution in [0.25, 0.3) is 10.6 Å². The van der Waals surface area contributed by atoms with E-state index in [0.717, 1.165) is 28.2 Å². The lowest BCUT2D eigenvalue weighted by Crippen LogP contribution is -2.30. The summed E-state index contributed by atoms with van der Waals surface area (Å²) in [6.45, 7) is 4.33. The molecule has 140 valence electrons. The molecular formula is C22H23ClN2OS. The van der Waals surface area contributed by atoms with E-state index in [0.29, 0.717) is 10.9 Å². The van der Waals surface area contributed by atoms with E-state index in [1.165, 1.54) is 11.3 Å². The summed E-state index contributed by atoms with van der Waals surface area (Å²) in [6, 6.07) is 17.8. The van der Waals surface area contributed by atoms with E-state index in [1.807, 2.05) is 47.8 Å². The third-order valence-corrected chi connectivity index (χ3v) is 5.38. The third kappa shape index (κ3) is 5.65. The lowest BCUT2D eigenvalue weighted by molar-refractivity contribution is -0.121. The second-order valence-corrected chi connectivity index (χ2v) is 8.29. The van der Waals surface area contributed by atoms with Crippen molar-refractivity contribution in [2.75, 3.05) is 0 Å². The number of carbonyl (C=O) groups is 1. The highest BCUT2D eigenvalue weighted by molar-refractivity contribution is 7.13. The van der Waals surface area contributed by atoms with Crippen LogP contribution < -0.4 is 5.32 Å².